The first-order chi connectivity index (χ1) is 3.84. The molecule has 0 aromatic rings. The summed E-state index contributed by atoms with van der Waals surface area (Å²) in [5.41, 5.74) is 0. The van der Waals surface area contributed by atoms with Crippen LogP contribution in [0.15, 0.2) is 0 Å². The third kappa shape index (κ3) is 0.648. The molecule has 1 atom stereocenters. The Balaban J connectivity index is 2.58. The number of hydrogen-bond acceptors (Lipinski definition) is 3. The molecule has 0 amide bonds. The van der Waals surface area contributed by atoms with Crippen LogP contribution in [-0.4, -0.2) is 5.97 Å². The Bertz CT molecular complexity index is 147. The van der Waals surface area contributed by atoms with Gasteiger partial charge in [-0.3, -0.25) is 4.79 Å². The van der Waals surface area contributed by atoms with Crippen LogP contribution in [0.25, 0.3) is 0 Å². The monoisotopic (exact) mass is 110 g/mol. The first-order valence-corrected chi connectivity index (χ1v) is 2.26. The number of esters is 1. The molecule has 0 bridgehead atoms. The fraction of sp³-hybridized carbons (Fsp3) is 0.400. The molecule has 0 aromatic carbocycles. The second-order valence-corrected chi connectivity index (χ2v) is 1.52. The molecule has 41 valence electrons. The van der Waals surface area contributed by atoms with Gasteiger partial charge in [-0.2, -0.15) is 5.26 Å². The molecule has 0 N–H and O–H groups in total. The second kappa shape index (κ2) is 1.83. The van der Waals surface area contributed by atoms with Gasteiger partial charge in [-0.15, -0.1) is 0 Å². The van der Waals surface area contributed by atoms with Gasteiger partial charge in [-0.25, -0.2) is 0 Å². The maximum atomic E-state index is 10.3. The van der Waals surface area contributed by atoms with E-state index in [9.17, 15) is 4.79 Å². The van der Waals surface area contributed by atoms with Crippen molar-refractivity contribution in [2.45, 2.75) is 6.42 Å². The molecule has 0 aromatic heterocycles. The summed E-state index contributed by atoms with van der Waals surface area (Å²) in [6.07, 6.45) is 0.440. The number of ether oxygens (including phenoxy) is 1. The van der Waals surface area contributed by atoms with E-state index in [1.165, 1.54) is 6.61 Å². The van der Waals surface area contributed by atoms with Crippen molar-refractivity contribution < 1.29 is 9.53 Å². The van der Waals surface area contributed by atoms with Crippen LogP contribution in [0.3, 0.4) is 0 Å². The van der Waals surface area contributed by atoms with Gasteiger partial charge in [0.05, 0.1) is 6.07 Å². The topological polar surface area (TPSA) is 50.1 Å². The van der Waals surface area contributed by atoms with Gasteiger partial charge in [0.15, 0.2) is 0 Å². The average molecular weight is 110 g/mol. The standard InChI is InChI=1S/C5H4NO2/c6-3-4-1-2-8-5(4)7/h2,4H,1H2. The molecule has 0 saturated carbocycles. The predicted octanol–water partition coefficient (Wildman–Crippen LogP) is 0.235. The molecule has 0 spiro atoms. The zero-order valence-electron chi connectivity index (χ0n) is 4.13. The van der Waals surface area contributed by atoms with Crippen LogP contribution in [0.2, 0.25) is 0 Å². The number of nitrogens with zero attached hydrogens (tertiary/aromatic N) is 1. The van der Waals surface area contributed by atoms with Gasteiger partial charge in [-0.05, 0) is 0 Å². The summed E-state index contributed by atoms with van der Waals surface area (Å²) >= 11 is 0. The minimum absolute atomic E-state index is 0.424. The van der Waals surface area contributed by atoms with Crippen molar-refractivity contribution in [2.75, 3.05) is 0 Å². The van der Waals surface area contributed by atoms with E-state index >= 15 is 0 Å². The molecule has 0 aliphatic carbocycles. The highest BCUT2D eigenvalue weighted by Crippen LogP contribution is 2.15. The van der Waals surface area contributed by atoms with Gasteiger partial charge in [-0.1, -0.05) is 0 Å². The van der Waals surface area contributed by atoms with E-state index in [1.807, 2.05) is 6.07 Å². The summed E-state index contributed by atoms with van der Waals surface area (Å²) in [5.74, 6) is -0.970. The molecule has 8 heavy (non-hydrogen) atoms. The van der Waals surface area contributed by atoms with Gasteiger partial charge in [0, 0.05) is 6.42 Å². The number of carbonyl (C=O) groups is 1. The number of hydrogen-bond donors (Lipinski definition) is 0. The van der Waals surface area contributed by atoms with E-state index in [0.717, 1.165) is 0 Å². The largest absolute Gasteiger partial charge is 0.457 e. The van der Waals surface area contributed by atoms with E-state index in [0.29, 0.717) is 6.42 Å². The summed E-state index contributed by atoms with van der Waals surface area (Å²) in [6.45, 7) is 1.36. The molecule has 1 heterocycles. The first-order valence-electron chi connectivity index (χ1n) is 2.26. The summed E-state index contributed by atoms with van der Waals surface area (Å²) in [5, 5.41) is 8.17. The SMILES string of the molecule is N#CC1C[CH]OC1=O. The van der Waals surface area contributed by atoms with Crippen molar-refractivity contribution in [2.24, 2.45) is 5.92 Å². The fourth-order valence-electron chi connectivity index (χ4n) is 0.510. The Morgan fingerprint density at radius 2 is 2.75 bits per heavy atom. The van der Waals surface area contributed by atoms with Crippen LogP contribution < -0.4 is 0 Å². The van der Waals surface area contributed by atoms with E-state index in [1.54, 1.807) is 0 Å². The van der Waals surface area contributed by atoms with Crippen LogP contribution in [0.1, 0.15) is 6.42 Å². The number of nitriles is 1. The lowest BCUT2D eigenvalue weighted by Gasteiger charge is -1.85. The van der Waals surface area contributed by atoms with E-state index in [4.69, 9.17) is 5.26 Å². The molecule has 1 saturated heterocycles. The first kappa shape index (κ1) is 5.10. The lowest BCUT2D eigenvalue weighted by Crippen LogP contribution is -2.03. The van der Waals surface area contributed by atoms with Gasteiger partial charge in [0.25, 0.3) is 0 Å². The molecule has 1 rings (SSSR count). The van der Waals surface area contributed by atoms with Gasteiger partial charge >= 0.3 is 5.97 Å². The smallest absolute Gasteiger partial charge is 0.323 e. The Hall–Kier alpha value is -1.04. The fourth-order valence-corrected chi connectivity index (χ4v) is 0.510. The number of carbonyl (C=O) groups excluding carboxylic acids is 1. The summed E-state index contributed by atoms with van der Waals surface area (Å²) < 4.78 is 4.37. The summed E-state index contributed by atoms with van der Waals surface area (Å²) in [6, 6.07) is 1.81. The van der Waals surface area contributed by atoms with Crippen molar-refractivity contribution in [3.05, 3.63) is 6.61 Å². The average Bonchev–Trinajstić information content (AvgIpc) is 2.14. The zero-order chi connectivity index (χ0) is 5.98. The maximum Gasteiger partial charge on any atom is 0.323 e. The Morgan fingerprint density at radius 1 is 2.00 bits per heavy atom. The van der Waals surface area contributed by atoms with Crippen molar-refractivity contribution in [1.82, 2.24) is 0 Å². The molecule has 1 fully saturated rings. The maximum absolute atomic E-state index is 10.3. The normalized spacial score (nSPS) is 26.9. The predicted molar refractivity (Wildman–Crippen MR) is 24.1 cm³/mol. The summed E-state index contributed by atoms with van der Waals surface area (Å²) in [7, 11) is 0. The minimum atomic E-state index is -0.546. The van der Waals surface area contributed by atoms with E-state index in [-0.39, 0.29) is 0 Å². The molecule has 3 nitrogen and oxygen atoms in total. The molecular formula is C5H4NO2. The third-order valence-electron chi connectivity index (χ3n) is 0.972. The zero-order valence-corrected chi connectivity index (χ0v) is 4.13. The summed E-state index contributed by atoms with van der Waals surface area (Å²) in [4.78, 5) is 10.3. The van der Waals surface area contributed by atoms with Crippen LogP contribution in [-0.2, 0) is 9.53 Å². The highest BCUT2D eigenvalue weighted by atomic mass is 16.5. The van der Waals surface area contributed by atoms with Crippen LogP contribution in [0.4, 0.5) is 0 Å². The highest BCUT2D eigenvalue weighted by molar-refractivity contribution is 5.77. The van der Waals surface area contributed by atoms with Crippen molar-refractivity contribution in [3.8, 4) is 6.07 Å². The van der Waals surface area contributed by atoms with E-state index < -0.39 is 11.9 Å². The third-order valence-corrected chi connectivity index (χ3v) is 0.972. The van der Waals surface area contributed by atoms with E-state index in [2.05, 4.69) is 4.74 Å². The van der Waals surface area contributed by atoms with Gasteiger partial charge in [0.1, 0.15) is 12.5 Å². The highest BCUT2D eigenvalue weighted by Gasteiger charge is 2.26. The van der Waals surface area contributed by atoms with Crippen LogP contribution in [0, 0.1) is 23.9 Å². The second-order valence-electron chi connectivity index (χ2n) is 1.52. The molecule has 1 radical (unpaired) electrons. The number of cyclic esters (lactones) is 1. The minimum Gasteiger partial charge on any atom is -0.457 e. The molecule has 1 aliphatic rings. The molecular weight excluding hydrogens is 106 g/mol. The Kier molecular flexibility index (Phi) is 1.17. The molecule has 1 unspecified atom stereocenters. The molecule has 3 heteroatoms. The van der Waals surface area contributed by atoms with Crippen LogP contribution >= 0.6 is 0 Å². The van der Waals surface area contributed by atoms with Crippen molar-refractivity contribution in [1.29, 1.82) is 5.26 Å². The van der Waals surface area contributed by atoms with Gasteiger partial charge in [0.2, 0.25) is 0 Å². The van der Waals surface area contributed by atoms with Gasteiger partial charge < -0.3 is 4.74 Å². The van der Waals surface area contributed by atoms with Crippen molar-refractivity contribution in [3.63, 3.8) is 0 Å². The van der Waals surface area contributed by atoms with Crippen LogP contribution in [0.5, 0.6) is 0 Å². The van der Waals surface area contributed by atoms with Crippen molar-refractivity contribution >= 4 is 5.97 Å². The Labute approximate surface area is 46.9 Å². The lowest BCUT2D eigenvalue weighted by atomic mass is 10.1. The Morgan fingerprint density at radius 3 is 3.00 bits per heavy atom. The molecule has 1 aliphatic heterocycles. The quantitative estimate of drug-likeness (QED) is 0.419. The number of rotatable bonds is 0. The lowest BCUT2D eigenvalue weighted by molar-refractivity contribution is -0.137.